The molecule has 0 aliphatic carbocycles. The Bertz CT molecular complexity index is 452. The van der Waals surface area contributed by atoms with Gasteiger partial charge in [0.1, 0.15) is 0 Å². The topological polar surface area (TPSA) is 58.1 Å². The van der Waals surface area contributed by atoms with E-state index in [-0.39, 0.29) is 5.91 Å². The summed E-state index contributed by atoms with van der Waals surface area (Å²) in [5.41, 5.74) is 0. The van der Waals surface area contributed by atoms with Crippen LogP contribution in [0.3, 0.4) is 0 Å². The van der Waals surface area contributed by atoms with Gasteiger partial charge in [0, 0.05) is 19.1 Å². The van der Waals surface area contributed by atoms with Crippen molar-refractivity contribution in [3.8, 4) is 0 Å². The minimum absolute atomic E-state index is 0.241. The second kappa shape index (κ2) is 8.58. The van der Waals surface area contributed by atoms with Crippen LogP contribution in [-0.2, 0) is 4.79 Å². The van der Waals surface area contributed by atoms with Crippen molar-refractivity contribution in [3.05, 3.63) is 0 Å². The molecule has 1 atom stereocenters. The maximum absolute atomic E-state index is 12.4. The molecule has 7 heteroatoms. The van der Waals surface area contributed by atoms with E-state index in [0.717, 1.165) is 48.2 Å². The van der Waals surface area contributed by atoms with Crippen LogP contribution in [0.4, 0.5) is 5.13 Å². The third-order valence-electron chi connectivity index (χ3n) is 3.67. The summed E-state index contributed by atoms with van der Waals surface area (Å²) < 4.78 is 0.868. The largest absolute Gasteiger partial charge is 0.360 e. The molecule has 1 aliphatic heterocycles. The highest BCUT2D eigenvalue weighted by Crippen LogP contribution is 2.27. The molecule has 1 aromatic heterocycles. The number of anilines is 1. The van der Waals surface area contributed by atoms with Crippen LogP contribution in [0.1, 0.15) is 46.0 Å². The minimum atomic E-state index is 0.241. The van der Waals surface area contributed by atoms with Gasteiger partial charge in [-0.25, -0.2) is 0 Å². The predicted octanol–water partition coefficient (Wildman–Crippen LogP) is 3.24. The molecular formula is C14H24N4OS2. The monoisotopic (exact) mass is 328 g/mol. The fourth-order valence-corrected chi connectivity index (χ4v) is 4.19. The highest BCUT2D eigenvalue weighted by atomic mass is 32.2. The van der Waals surface area contributed by atoms with Gasteiger partial charge in [-0.05, 0) is 32.1 Å². The Kier molecular flexibility index (Phi) is 6.76. The van der Waals surface area contributed by atoms with Gasteiger partial charge in [-0.1, -0.05) is 36.9 Å². The molecule has 118 valence electrons. The number of hydrogen-bond acceptors (Lipinski definition) is 6. The first kappa shape index (κ1) is 16.5. The van der Waals surface area contributed by atoms with Gasteiger partial charge in [-0.2, -0.15) is 0 Å². The van der Waals surface area contributed by atoms with Crippen molar-refractivity contribution in [1.82, 2.24) is 15.1 Å². The van der Waals surface area contributed by atoms with E-state index in [1.54, 1.807) is 0 Å². The lowest BCUT2D eigenvalue weighted by atomic mass is 10.0. The Hall–Kier alpha value is -0.820. The zero-order valence-corrected chi connectivity index (χ0v) is 14.4. The molecule has 5 nitrogen and oxygen atoms in total. The molecule has 0 aromatic carbocycles. The van der Waals surface area contributed by atoms with Crippen LogP contribution in [0.25, 0.3) is 0 Å². The summed E-state index contributed by atoms with van der Waals surface area (Å²) in [6.45, 7) is 6.10. The Morgan fingerprint density at radius 1 is 1.43 bits per heavy atom. The standard InChI is InChI=1S/C14H24N4OS2/c1-3-8-15-13-16-17-14(21-13)20-10-12(19)18-9-6-5-7-11(18)4-2/h11H,3-10H2,1-2H3,(H,15,16). The molecular weight excluding hydrogens is 304 g/mol. The number of aromatic nitrogens is 2. The first-order valence-corrected chi connectivity index (χ1v) is 9.54. The quantitative estimate of drug-likeness (QED) is 0.779. The van der Waals surface area contributed by atoms with E-state index in [2.05, 4.69) is 34.3 Å². The number of carbonyl (C=O) groups is 1. The Balaban J connectivity index is 1.81. The van der Waals surface area contributed by atoms with Crippen LogP contribution >= 0.6 is 23.1 Å². The Morgan fingerprint density at radius 3 is 3.05 bits per heavy atom. The fourth-order valence-electron chi connectivity index (χ4n) is 2.53. The van der Waals surface area contributed by atoms with Gasteiger partial charge in [0.05, 0.1) is 5.75 Å². The van der Waals surface area contributed by atoms with Crippen molar-refractivity contribution < 1.29 is 4.79 Å². The molecule has 2 heterocycles. The molecule has 0 saturated carbocycles. The van der Waals surface area contributed by atoms with Crippen LogP contribution in [0.5, 0.6) is 0 Å². The first-order valence-electron chi connectivity index (χ1n) is 7.74. The highest BCUT2D eigenvalue weighted by molar-refractivity contribution is 8.01. The SMILES string of the molecule is CCCNc1nnc(SCC(=O)N2CCCCC2CC)s1. The summed E-state index contributed by atoms with van der Waals surface area (Å²) in [7, 11) is 0. The normalized spacial score (nSPS) is 18.8. The smallest absolute Gasteiger partial charge is 0.233 e. The molecule has 21 heavy (non-hydrogen) atoms. The van der Waals surface area contributed by atoms with E-state index in [0.29, 0.717) is 11.8 Å². The molecule has 1 N–H and O–H groups in total. The van der Waals surface area contributed by atoms with Crippen molar-refractivity contribution in [3.63, 3.8) is 0 Å². The molecule has 1 amide bonds. The molecule has 0 bridgehead atoms. The van der Waals surface area contributed by atoms with Crippen LogP contribution in [0.2, 0.25) is 0 Å². The molecule has 1 fully saturated rings. The fraction of sp³-hybridized carbons (Fsp3) is 0.786. The number of amides is 1. The molecule has 0 radical (unpaired) electrons. The van der Waals surface area contributed by atoms with Crippen LogP contribution in [-0.4, -0.2) is 45.9 Å². The maximum atomic E-state index is 12.4. The molecule has 1 unspecified atom stereocenters. The lowest BCUT2D eigenvalue weighted by Gasteiger charge is -2.35. The number of likely N-dealkylation sites (tertiary alicyclic amines) is 1. The number of nitrogens with one attached hydrogen (secondary N) is 1. The first-order chi connectivity index (χ1) is 10.2. The van der Waals surface area contributed by atoms with Gasteiger partial charge >= 0.3 is 0 Å². The highest BCUT2D eigenvalue weighted by Gasteiger charge is 2.25. The number of carbonyl (C=O) groups excluding carboxylic acids is 1. The van der Waals surface area contributed by atoms with Gasteiger partial charge < -0.3 is 10.2 Å². The second-order valence-corrected chi connectivity index (χ2v) is 7.43. The maximum Gasteiger partial charge on any atom is 0.233 e. The summed E-state index contributed by atoms with van der Waals surface area (Å²) in [6, 6.07) is 0.433. The molecule has 0 spiro atoms. The van der Waals surface area contributed by atoms with Gasteiger partial charge in [-0.15, -0.1) is 10.2 Å². The number of thioether (sulfide) groups is 1. The molecule has 1 saturated heterocycles. The average Bonchev–Trinajstić information content (AvgIpc) is 2.98. The van der Waals surface area contributed by atoms with Crippen LogP contribution < -0.4 is 5.32 Å². The Morgan fingerprint density at radius 2 is 2.29 bits per heavy atom. The van der Waals surface area contributed by atoms with E-state index in [9.17, 15) is 4.79 Å². The summed E-state index contributed by atoms with van der Waals surface area (Å²) in [5, 5.41) is 12.3. The van der Waals surface area contributed by atoms with E-state index < -0.39 is 0 Å². The van der Waals surface area contributed by atoms with E-state index in [1.807, 2.05) is 0 Å². The van der Waals surface area contributed by atoms with Crippen molar-refractivity contribution in [2.75, 3.05) is 24.2 Å². The summed E-state index contributed by atoms with van der Waals surface area (Å²) in [4.78, 5) is 14.4. The summed E-state index contributed by atoms with van der Waals surface area (Å²) in [6.07, 6.45) is 5.65. The lowest BCUT2D eigenvalue weighted by Crippen LogP contribution is -2.44. The Labute approximate surface area is 134 Å². The number of piperidine rings is 1. The van der Waals surface area contributed by atoms with Gasteiger partial charge in [0.25, 0.3) is 0 Å². The number of hydrogen-bond donors (Lipinski definition) is 1. The van der Waals surface area contributed by atoms with Crippen molar-refractivity contribution in [2.45, 2.75) is 56.3 Å². The number of rotatable bonds is 7. The van der Waals surface area contributed by atoms with Gasteiger partial charge in [0.15, 0.2) is 4.34 Å². The van der Waals surface area contributed by atoms with Crippen molar-refractivity contribution in [2.24, 2.45) is 0 Å². The summed E-state index contributed by atoms with van der Waals surface area (Å²) >= 11 is 3.03. The molecule has 1 aromatic rings. The molecule has 1 aliphatic rings. The van der Waals surface area contributed by atoms with Gasteiger partial charge in [0.2, 0.25) is 11.0 Å². The van der Waals surface area contributed by atoms with Crippen molar-refractivity contribution in [1.29, 1.82) is 0 Å². The second-order valence-electron chi connectivity index (χ2n) is 5.23. The van der Waals surface area contributed by atoms with E-state index in [1.165, 1.54) is 29.5 Å². The third kappa shape index (κ3) is 4.85. The van der Waals surface area contributed by atoms with E-state index >= 15 is 0 Å². The van der Waals surface area contributed by atoms with Crippen LogP contribution in [0, 0.1) is 0 Å². The lowest BCUT2D eigenvalue weighted by molar-refractivity contribution is -0.132. The minimum Gasteiger partial charge on any atom is -0.360 e. The van der Waals surface area contributed by atoms with E-state index in [4.69, 9.17) is 0 Å². The van der Waals surface area contributed by atoms with Crippen molar-refractivity contribution >= 4 is 34.1 Å². The predicted molar refractivity (Wildman–Crippen MR) is 89.1 cm³/mol. The van der Waals surface area contributed by atoms with Crippen LogP contribution in [0.15, 0.2) is 4.34 Å². The third-order valence-corrected chi connectivity index (χ3v) is 5.67. The number of nitrogens with zero attached hydrogens (tertiary/aromatic N) is 3. The average molecular weight is 329 g/mol. The molecule has 2 rings (SSSR count). The summed E-state index contributed by atoms with van der Waals surface area (Å²) in [5.74, 6) is 0.712. The van der Waals surface area contributed by atoms with Gasteiger partial charge in [-0.3, -0.25) is 4.79 Å². The zero-order valence-electron chi connectivity index (χ0n) is 12.8. The zero-order chi connectivity index (χ0) is 15.1.